The summed E-state index contributed by atoms with van der Waals surface area (Å²) >= 11 is 5.90. The van der Waals surface area contributed by atoms with E-state index in [9.17, 15) is 8.42 Å². The van der Waals surface area contributed by atoms with Crippen molar-refractivity contribution in [3.63, 3.8) is 0 Å². The largest absolute Gasteiger partial charge is 0.219 e. The molecule has 3 nitrogen and oxygen atoms in total. The Balaban J connectivity index is 2.99. The van der Waals surface area contributed by atoms with Gasteiger partial charge in [-0.25, -0.2) is 8.42 Å². The fraction of sp³-hybridized carbons (Fsp3) is 1.00. The number of nitrogens with zero attached hydrogens (tertiary/aromatic N) is 1. The van der Waals surface area contributed by atoms with E-state index in [0.717, 1.165) is 25.7 Å². The van der Waals surface area contributed by atoms with E-state index >= 15 is 0 Å². The highest BCUT2D eigenvalue weighted by Gasteiger charge is 2.39. The number of halogens is 1. The second kappa shape index (κ2) is 5.23. The molecule has 0 aliphatic carbocycles. The maximum absolute atomic E-state index is 12.4. The van der Waals surface area contributed by atoms with Gasteiger partial charge in [0.2, 0.25) is 10.0 Å². The van der Waals surface area contributed by atoms with Crippen molar-refractivity contribution in [2.24, 2.45) is 0 Å². The molecule has 0 bridgehead atoms. The van der Waals surface area contributed by atoms with E-state index in [-0.39, 0.29) is 6.04 Å². The molecular formula is C11H22ClNO2S. The van der Waals surface area contributed by atoms with Crippen LogP contribution in [0.1, 0.15) is 46.5 Å². The van der Waals surface area contributed by atoms with Gasteiger partial charge in [-0.15, -0.1) is 11.6 Å². The fourth-order valence-corrected chi connectivity index (χ4v) is 4.02. The average Bonchev–Trinajstić information content (AvgIpc) is 2.40. The highest BCUT2D eigenvalue weighted by Crippen LogP contribution is 2.27. The Labute approximate surface area is 104 Å². The monoisotopic (exact) mass is 267 g/mol. The van der Waals surface area contributed by atoms with Crippen molar-refractivity contribution in [3.05, 3.63) is 0 Å². The SMILES string of the molecule is CC(C)(C)S(=O)(=O)N1CCCCCC1CCl. The molecule has 0 radical (unpaired) electrons. The van der Waals surface area contributed by atoms with Gasteiger partial charge in [0.05, 0.1) is 4.75 Å². The lowest BCUT2D eigenvalue weighted by atomic mass is 10.1. The third-order valence-corrected chi connectivity index (χ3v) is 6.09. The molecule has 0 aromatic heterocycles. The van der Waals surface area contributed by atoms with E-state index < -0.39 is 14.8 Å². The molecule has 0 aromatic carbocycles. The minimum absolute atomic E-state index is 0.0200. The van der Waals surface area contributed by atoms with Gasteiger partial charge in [-0.1, -0.05) is 12.8 Å². The summed E-state index contributed by atoms with van der Waals surface area (Å²) in [6.07, 6.45) is 4.01. The summed E-state index contributed by atoms with van der Waals surface area (Å²) in [5.74, 6) is 0.398. The lowest BCUT2D eigenvalue weighted by Gasteiger charge is -2.33. The highest BCUT2D eigenvalue weighted by molar-refractivity contribution is 7.90. The molecule has 1 aliphatic rings. The lowest BCUT2D eigenvalue weighted by Crippen LogP contribution is -2.48. The van der Waals surface area contributed by atoms with Crippen LogP contribution in [-0.2, 0) is 10.0 Å². The standard InChI is InChI=1S/C11H22ClNO2S/c1-11(2,3)16(14,15)13-8-6-4-5-7-10(13)9-12/h10H,4-9H2,1-3H3. The van der Waals surface area contributed by atoms with E-state index in [0.29, 0.717) is 12.4 Å². The number of hydrogen-bond acceptors (Lipinski definition) is 2. The quantitative estimate of drug-likeness (QED) is 0.722. The van der Waals surface area contributed by atoms with Crippen LogP contribution in [0.4, 0.5) is 0 Å². The first-order valence-electron chi connectivity index (χ1n) is 5.88. The van der Waals surface area contributed by atoms with Crippen molar-refractivity contribution < 1.29 is 8.42 Å². The third kappa shape index (κ3) is 2.90. The summed E-state index contributed by atoms with van der Waals surface area (Å²) in [5.41, 5.74) is 0. The van der Waals surface area contributed by atoms with Crippen LogP contribution in [0.25, 0.3) is 0 Å². The number of rotatable bonds is 2. The zero-order chi connectivity index (χ0) is 12.4. The van der Waals surface area contributed by atoms with E-state index in [2.05, 4.69) is 0 Å². The zero-order valence-electron chi connectivity index (χ0n) is 10.4. The van der Waals surface area contributed by atoms with Gasteiger partial charge in [0.1, 0.15) is 0 Å². The summed E-state index contributed by atoms with van der Waals surface area (Å²) in [7, 11) is -3.24. The van der Waals surface area contributed by atoms with Crippen LogP contribution in [0.3, 0.4) is 0 Å². The molecule has 0 N–H and O–H groups in total. The van der Waals surface area contributed by atoms with Gasteiger partial charge in [0.15, 0.2) is 0 Å². The van der Waals surface area contributed by atoms with Crippen LogP contribution in [0.5, 0.6) is 0 Å². The fourth-order valence-electron chi connectivity index (χ4n) is 1.97. The normalized spacial score (nSPS) is 25.4. The Bertz CT molecular complexity index is 321. The number of alkyl halides is 1. The number of hydrogen-bond donors (Lipinski definition) is 0. The van der Waals surface area contributed by atoms with Gasteiger partial charge in [-0.3, -0.25) is 0 Å². The smallest absolute Gasteiger partial charge is 0.212 e. The van der Waals surface area contributed by atoms with E-state index in [1.54, 1.807) is 25.1 Å². The van der Waals surface area contributed by atoms with Crippen molar-refractivity contribution in [3.8, 4) is 0 Å². The molecular weight excluding hydrogens is 246 g/mol. The summed E-state index contributed by atoms with van der Waals surface area (Å²) in [6.45, 7) is 5.87. The summed E-state index contributed by atoms with van der Waals surface area (Å²) in [6, 6.07) is -0.0200. The average molecular weight is 268 g/mol. The highest BCUT2D eigenvalue weighted by atomic mass is 35.5. The van der Waals surface area contributed by atoms with Crippen LogP contribution < -0.4 is 0 Å². The molecule has 1 aliphatic heterocycles. The molecule has 1 heterocycles. The molecule has 0 aromatic rings. The third-order valence-electron chi connectivity index (χ3n) is 3.08. The van der Waals surface area contributed by atoms with Crippen LogP contribution in [0.15, 0.2) is 0 Å². The van der Waals surface area contributed by atoms with Crippen molar-refractivity contribution in [1.29, 1.82) is 0 Å². The molecule has 1 rings (SSSR count). The first-order valence-corrected chi connectivity index (χ1v) is 7.85. The molecule has 1 unspecified atom stereocenters. The molecule has 1 saturated heterocycles. The molecule has 0 saturated carbocycles. The molecule has 96 valence electrons. The van der Waals surface area contributed by atoms with Crippen molar-refractivity contribution >= 4 is 21.6 Å². The lowest BCUT2D eigenvalue weighted by molar-refractivity contribution is 0.334. The van der Waals surface area contributed by atoms with Crippen LogP contribution in [0, 0.1) is 0 Å². The van der Waals surface area contributed by atoms with E-state index in [1.807, 2.05) is 0 Å². The predicted molar refractivity (Wildman–Crippen MR) is 68.4 cm³/mol. The molecule has 1 fully saturated rings. The Morgan fingerprint density at radius 3 is 2.38 bits per heavy atom. The summed E-state index contributed by atoms with van der Waals surface area (Å²) < 4.78 is 25.7. The molecule has 1 atom stereocenters. The Kier molecular flexibility index (Phi) is 4.66. The van der Waals surface area contributed by atoms with Gasteiger partial charge in [0.25, 0.3) is 0 Å². The maximum atomic E-state index is 12.4. The van der Waals surface area contributed by atoms with Gasteiger partial charge in [-0.05, 0) is 33.6 Å². The van der Waals surface area contributed by atoms with Crippen LogP contribution >= 0.6 is 11.6 Å². The molecule has 0 amide bonds. The topological polar surface area (TPSA) is 37.4 Å². The Morgan fingerprint density at radius 2 is 1.88 bits per heavy atom. The summed E-state index contributed by atoms with van der Waals surface area (Å²) in [5, 5.41) is 0. The van der Waals surface area contributed by atoms with Crippen molar-refractivity contribution in [2.45, 2.75) is 57.2 Å². The Hall–Kier alpha value is 0.200. The minimum atomic E-state index is -3.24. The molecule has 5 heteroatoms. The molecule has 16 heavy (non-hydrogen) atoms. The van der Waals surface area contributed by atoms with Gasteiger partial charge in [-0.2, -0.15) is 4.31 Å². The van der Waals surface area contributed by atoms with Crippen molar-refractivity contribution in [1.82, 2.24) is 4.31 Å². The molecule has 0 spiro atoms. The predicted octanol–water partition coefficient (Wildman–Crippen LogP) is 2.60. The minimum Gasteiger partial charge on any atom is -0.212 e. The Morgan fingerprint density at radius 1 is 1.25 bits per heavy atom. The van der Waals surface area contributed by atoms with Crippen molar-refractivity contribution in [2.75, 3.05) is 12.4 Å². The van der Waals surface area contributed by atoms with Crippen LogP contribution in [0.2, 0.25) is 0 Å². The first-order chi connectivity index (χ1) is 7.30. The van der Waals surface area contributed by atoms with E-state index in [1.165, 1.54) is 0 Å². The first kappa shape index (κ1) is 14.3. The van der Waals surface area contributed by atoms with E-state index in [4.69, 9.17) is 11.6 Å². The number of sulfonamides is 1. The maximum Gasteiger partial charge on any atom is 0.219 e. The van der Waals surface area contributed by atoms with Gasteiger partial charge in [0, 0.05) is 18.5 Å². The van der Waals surface area contributed by atoms with Gasteiger partial charge < -0.3 is 0 Å². The second-order valence-corrected chi connectivity index (χ2v) is 8.34. The summed E-state index contributed by atoms with van der Waals surface area (Å²) in [4.78, 5) is 0. The van der Waals surface area contributed by atoms with Gasteiger partial charge >= 0.3 is 0 Å². The second-order valence-electron chi connectivity index (χ2n) is 5.39. The zero-order valence-corrected chi connectivity index (χ0v) is 11.9. The van der Waals surface area contributed by atoms with Crippen LogP contribution in [-0.4, -0.2) is 35.9 Å².